The molecule has 6 aliphatic carbocycles. The molecule has 0 heterocycles. The Labute approximate surface area is 188 Å². The summed E-state index contributed by atoms with van der Waals surface area (Å²) in [6, 6.07) is 0. The zero-order chi connectivity index (χ0) is 22.1. The number of fused-ring (bicyclic) bond motifs is 2. The quantitative estimate of drug-likeness (QED) is 0.502. The van der Waals surface area contributed by atoms with Crippen molar-refractivity contribution in [3.63, 3.8) is 0 Å². The van der Waals surface area contributed by atoms with E-state index < -0.39 is 11.7 Å². The van der Waals surface area contributed by atoms with Gasteiger partial charge in [-0.1, -0.05) is 13.8 Å². The second-order valence-electron chi connectivity index (χ2n) is 12.9. The highest BCUT2D eigenvalue weighted by molar-refractivity contribution is 5.75. The average molecular weight is 431 g/mol. The number of hydrogen-bond donors (Lipinski definition) is 0. The van der Waals surface area contributed by atoms with Gasteiger partial charge in [-0.2, -0.15) is 0 Å². The molecule has 0 aromatic heterocycles. The van der Waals surface area contributed by atoms with Gasteiger partial charge in [0.05, 0.1) is 12.3 Å². The van der Waals surface area contributed by atoms with Crippen molar-refractivity contribution < 1.29 is 19.1 Å². The lowest BCUT2D eigenvalue weighted by Gasteiger charge is -2.61. The summed E-state index contributed by atoms with van der Waals surface area (Å²) >= 11 is 0. The first kappa shape index (κ1) is 21.8. The van der Waals surface area contributed by atoms with E-state index in [1.165, 1.54) is 38.5 Å². The van der Waals surface area contributed by atoms with Crippen molar-refractivity contribution in [3.8, 4) is 0 Å². The number of ether oxygens (including phenoxy) is 2. The van der Waals surface area contributed by atoms with E-state index in [1.54, 1.807) is 0 Å². The van der Waals surface area contributed by atoms with E-state index in [9.17, 15) is 9.59 Å². The molecule has 0 radical (unpaired) electrons. The highest BCUT2D eigenvalue weighted by Gasteiger charge is 2.59. The molecule has 6 unspecified atom stereocenters. The molecule has 0 aliphatic heterocycles. The fourth-order valence-corrected chi connectivity index (χ4v) is 9.06. The molecule has 0 N–H and O–H groups in total. The van der Waals surface area contributed by atoms with E-state index >= 15 is 0 Å². The summed E-state index contributed by atoms with van der Waals surface area (Å²) in [5.74, 6) is 4.65. The van der Waals surface area contributed by atoms with Gasteiger partial charge < -0.3 is 9.47 Å². The summed E-state index contributed by atoms with van der Waals surface area (Å²) in [5.41, 5.74) is -0.298. The molecule has 0 aromatic rings. The first-order chi connectivity index (χ1) is 14.6. The van der Waals surface area contributed by atoms with E-state index in [-0.39, 0.29) is 29.7 Å². The third-order valence-electron chi connectivity index (χ3n) is 10.7. The molecule has 6 fully saturated rings. The minimum Gasteiger partial charge on any atom is -0.462 e. The summed E-state index contributed by atoms with van der Waals surface area (Å²) in [7, 11) is 0. The molecule has 0 spiro atoms. The molecule has 0 saturated heterocycles. The van der Waals surface area contributed by atoms with E-state index in [4.69, 9.17) is 9.47 Å². The second-order valence-corrected chi connectivity index (χ2v) is 12.9. The molecule has 6 saturated carbocycles. The largest absolute Gasteiger partial charge is 0.462 e. The van der Waals surface area contributed by atoms with Gasteiger partial charge in [0.2, 0.25) is 0 Å². The van der Waals surface area contributed by atoms with Gasteiger partial charge in [-0.3, -0.25) is 9.59 Å². The van der Waals surface area contributed by atoms with E-state index in [1.807, 2.05) is 6.92 Å². The first-order valence-corrected chi connectivity index (χ1v) is 13.0. The van der Waals surface area contributed by atoms with Crippen molar-refractivity contribution >= 4 is 11.9 Å². The number of carbonyl (C=O) groups is 2. The van der Waals surface area contributed by atoms with Crippen LogP contribution in [0.5, 0.6) is 0 Å². The number of carbonyl (C=O) groups excluding carboxylic acids is 2. The van der Waals surface area contributed by atoms with Crippen LogP contribution in [0.15, 0.2) is 0 Å². The van der Waals surface area contributed by atoms with Crippen LogP contribution in [0.25, 0.3) is 0 Å². The van der Waals surface area contributed by atoms with E-state index in [0.717, 1.165) is 30.6 Å². The number of esters is 2. The average Bonchev–Trinajstić information content (AvgIpc) is 3.20. The van der Waals surface area contributed by atoms with Gasteiger partial charge in [-0.25, -0.2) is 0 Å². The lowest BCUT2D eigenvalue weighted by molar-refractivity contribution is -0.200. The van der Waals surface area contributed by atoms with Crippen LogP contribution in [-0.4, -0.2) is 23.6 Å². The predicted octanol–water partition coefficient (Wildman–Crippen LogP) is 5.77. The van der Waals surface area contributed by atoms with Crippen LogP contribution < -0.4 is 0 Å². The topological polar surface area (TPSA) is 52.6 Å². The Bertz CT molecular complexity index is 702. The minimum absolute atomic E-state index is 0.0261. The minimum atomic E-state index is -0.444. The highest BCUT2D eigenvalue weighted by atomic mass is 16.6. The Morgan fingerprint density at radius 2 is 1.52 bits per heavy atom. The van der Waals surface area contributed by atoms with E-state index in [2.05, 4.69) is 27.7 Å². The SMILES string of the molecule is CC(CC(=O)OC(C)(C)C12CC3CC(CC(C3)C1)C2)OC(=O)C1CC2CC1C(C)C2C. The molecule has 0 amide bonds. The summed E-state index contributed by atoms with van der Waals surface area (Å²) in [4.78, 5) is 25.7. The first-order valence-electron chi connectivity index (χ1n) is 13.0. The van der Waals surface area contributed by atoms with Gasteiger partial charge in [0, 0.05) is 5.41 Å². The van der Waals surface area contributed by atoms with Crippen molar-refractivity contribution in [2.24, 2.45) is 52.8 Å². The molecule has 6 bridgehead atoms. The van der Waals surface area contributed by atoms with Crippen molar-refractivity contribution in [2.75, 3.05) is 0 Å². The van der Waals surface area contributed by atoms with Gasteiger partial charge in [0.1, 0.15) is 11.7 Å². The van der Waals surface area contributed by atoms with Crippen molar-refractivity contribution in [1.29, 1.82) is 0 Å². The van der Waals surface area contributed by atoms with Gasteiger partial charge in [0.15, 0.2) is 0 Å². The van der Waals surface area contributed by atoms with Crippen molar-refractivity contribution in [1.82, 2.24) is 0 Å². The summed E-state index contributed by atoms with van der Waals surface area (Å²) in [6.45, 7) is 10.7. The number of hydrogen-bond acceptors (Lipinski definition) is 4. The molecule has 4 nitrogen and oxygen atoms in total. The molecular weight excluding hydrogens is 388 g/mol. The van der Waals surface area contributed by atoms with Crippen LogP contribution in [0.4, 0.5) is 0 Å². The van der Waals surface area contributed by atoms with E-state index in [0.29, 0.717) is 23.7 Å². The smallest absolute Gasteiger partial charge is 0.310 e. The molecule has 6 aliphatic rings. The third-order valence-corrected chi connectivity index (χ3v) is 10.7. The fourth-order valence-electron chi connectivity index (χ4n) is 9.06. The Balaban J connectivity index is 1.15. The predicted molar refractivity (Wildman–Crippen MR) is 119 cm³/mol. The Morgan fingerprint density at radius 1 is 0.935 bits per heavy atom. The van der Waals surface area contributed by atoms with Gasteiger partial charge in [-0.15, -0.1) is 0 Å². The van der Waals surface area contributed by atoms with Crippen molar-refractivity contribution in [2.45, 2.75) is 104 Å². The van der Waals surface area contributed by atoms with Gasteiger partial charge >= 0.3 is 11.9 Å². The molecular formula is C27H42O4. The molecule has 0 aromatic carbocycles. The second kappa shape index (κ2) is 7.48. The zero-order valence-electron chi connectivity index (χ0n) is 20.2. The van der Waals surface area contributed by atoms with Crippen LogP contribution >= 0.6 is 0 Å². The number of rotatable bonds is 6. The molecule has 6 rings (SSSR count). The standard InChI is InChI=1S/C27H42O4/c1-15(30-25(29)23-11-21-10-22(23)17(3)16(21)2)6-24(28)31-26(4,5)27-12-18-7-19(13-27)9-20(8-18)14-27/h15-23H,6-14H2,1-5H3. The van der Waals surface area contributed by atoms with Gasteiger partial charge in [0.25, 0.3) is 0 Å². The van der Waals surface area contributed by atoms with Crippen LogP contribution in [0.1, 0.15) is 92.4 Å². The molecule has 4 heteroatoms. The monoisotopic (exact) mass is 430 g/mol. The Hall–Kier alpha value is -1.06. The molecule has 31 heavy (non-hydrogen) atoms. The zero-order valence-corrected chi connectivity index (χ0v) is 20.2. The lowest BCUT2D eigenvalue weighted by atomic mass is 9.46. The van der Waals surface area contributed by atoms with Crippen LogP contribution in [0.3, 0.4) is 0 Å². The fraction of sp³-hybridized carbons (Fsp3) is 0.926. The maximum Gasteiger partial charge on any atom is 0.310 e. The van der Waals surface area contributed by atoms with Crippen molar-refractivity contribution in [3.05, 3.63) is 0 Å². The maximum absolute atomic E-state index is 12.9. The molecule has 6 atom stereocenters. The van der Waals surface area contributed by atoms with Crippen LogP contribution in [0.2, 0.25) is 0 Å². The van der Waals surface area contributed by atoms with Crippen LogP contribution in [0, 0.1) is 52.8 Å². The normalized spacial score (nSPS) is 46.2. The van der Waals surface area contributed by atoms with Gasteiger partial charge in [-0.05, 0) is 114 Å². The van der Waals surface area contributed by atoms with Crippen LogP contribution in [-0.2, 0) is 19.1 Å². The molecule has 174 valence electrons. The summed E-state index contributed by atoms with van der Waals surface area (Å²) in [6.07, 6.45) is 9.67. The maximum atomic E-state index is 12.9. The Kier molecular flexibility index (Phi) is 5.26. The third kappa shape index (κ3) is 3.64. The highest BCUT2D eigenvalue weighted by Crippen LogP contribution is 2.64. The Morgan fingerprint density at radius 3 is 2.03 bits per heavy atom. The summed E-state index contributed by atoms with van der Waals surface area (Å²) in [5, 5.41) is 0. The lowest BCUT2D eigenvalue weighted by Crippen LogP contribution is -2.57. The summed E-state index contributed by atoms with van der Waals surface area (Å²) < 4.78 is 11.9.